The van der Waals surface area contributed by atoms with Gasteiger partial charge in [-0.25, -0.2) is 4.68 Å². The third-order valence-corrected chi connectivity index (χ3v) is 2.08. The van der Waals surface area contributed by atoms with Crippen molar-refractivity contribution >= 4 is 5.91 Å². The number of aromatic nitrogens is 3. The van der Waals surface area contributed by atoms with Crippen LogP contribution in [0.1, 0.15) is 25.1 Å². The molecule has 6 nitrogen and oxygen atoms in total. The first-order chi connectivity index (χ1) is 7.04. The van der Waals surface area contributed by atoms with E-state index in [2.05, 4.69) is 10.3 Å². The average molecular weight is 212 g/mol. The largest absolute Gasteiger partial charge is 0.387 e. The zero-order chi connectivity index (χ0) is 11.4. The van der Waals surface area contributed by atoms with Crippen LogP contribution in [0.2, 0.25) is 0 Å². The summed E-state index contributed by atoms with van der Waals surface area (Å²) in [4.78, 5) is 12.8. The molecule has 0 bridgehead atoms. The third-order valence-electron chi connectivity index (χ3n) is 2.08. The number of hydrogen-bond donors (Lipinski definition) is 1. The fourth-order valence-corrected chi connectivity index (χ4v) is 1.03. The molecule has 0 aliphatic carbocycles. The summed E-state index contributed by atoms with van der Waals surface area (Å²) in [5.74, 6) is -0.0579. The number of hydrogen-bond acceptors (Lipinski definition) is 4. The third kappa shape index (κ3) is 3.02. The molecular weight excluding hydrogens is 196 g/mol. The monoisotopic (exact) mass is 212 g/mol. The van der Waals surface area contributed by atoms with E-state index in [9.17, 15) is 9.90 Å². The van der Waals surface area contributed by atoms with E-state index in [0.29, 0.717) is 12.1 Å². The predicted octanol–water partition coefficient (Wildman–Crippen LogP) is -0.190. The lowest BCUT2D eigenvalue weighted by molar-refractivity contribution is -0.129. The minimum atomic E-state index is -0.604. The Labute approximate surface area is 88.5 Å². The molecule has 0 aliphatic rings. The highest BCUT2D eigenvalue weighted by Gasteiger charge is 2.11. The molecule has 0 saturated carbocycles. The maximum atomic E-state index is 11.3. The van der Waals surface area contributed by atoms with Gasteiger partial charge in [-0.3, -0.25) is 4.79 Å². The highest BCUT2D eigenvalue weighted by Crippen LogP contribution is 2.11. The summed E-state index contributed by atoms with van der Waals surface area (Å²) in [5, 5.41) is 17.0. The van der Waals surface area contributed by atoms with Gasteiger partial charge in [0, 0.05) is 14.1 Å². The second kappa shape index (κ2) is 4.88. The van der Waals surface area contributed by atoms with E-state index in [4.69, 9.17) is 0 Å². The van der Waals surface area contributed by atoms with Crippen molar-refractivity contribution in [3.8, 4) is 0 Å². The van der Waals surface area contributed by atoms with Gasteiger partial charge >= 0.3 is 0 Å². The van der Waals surface area contributed by atoms with Crippen LogP contribution in [0.25, 0.3) is 0 Å². The van der Waals surface area contributed by atoms with Gasteiger partial charge in [-0.2, -0.15) is 0 Å². The molecule has 1 atom stereocenters. The Kier molecular flexibility index (Phi) is 3.79. The van der Waals surface area contributed by atoms with E-state index in [1.165, 1.54) is 9.58 Å². The van der Waals surface area contributed by atoms with E-state index in [-0.39, 0.29) is 12.5 Å². The fraction of sp³-hybridized carbons (Fsp3) is 0.667. The highest BCUT2D eigenvalue weighted by molar-refractivity contribution is 5.75. The van der Waals surface area contributed by atoms with Crippen molar-refractivity contribution in [2.75, 3.05) is 14.1 Å². The molecule has 1 N–H and O–H groups in total. The number of carbonyl (C=O) groups is 1. The number of carbonyl (C=O) groups excluding carboxylic acids is 1. The molecule has 15 heavy (non-hydrogen) atoms. The number of aliphatic hydroxyl groups excluding tert-OH is 1. The Morgan fingerprint density at radius 1 is 1.67 bits per heavy atom. The minimum absolute atomic E-state index is 0.0579. The molecule has 6 heteroatoms. The van der Waals surface area contributed by atoms with Gasteiger partial charge in [0.25, 0.3) is 0 Å². The van der Waals surface area contributed by atoms with Crippen molar-refractivity contribution in [2.45, 2.75) is 26.0 Å². The van der Waals surface area contributed by atoms with E-state index in [1.54, 1.807) is 20.3 Å². The van der Waals surface area contributed by atoms with E-state index < -0.39 is 6.10 Å². The van der Waals surface area contributed by atoms with Crippen LogP contribution in [0, 0.1) is 0 Å². The number of aliphatic hydroxyl groups is 1. The quantitative estimate of drug-likeness (QED) is 0.751. The minimum Gasteiger partial charge on any atom is -0.387 e. The van der Waals surface area contributed by atoms with E-state index >= 15 is 0 Å². The lowest BCUT2D eigenvalue weighted by atomic mass is 10.2. The Bertz CT molecular complexity index is 335. The second-order valence-corrected chi connectivity index (χ2v) is 3.55. The topological polar surface area (TPSA) is 71.2 Å². The first-order valence-corrected chi connectivity index (χ1v) is 4.82. The second-order valence-electron chi connectivity index (χ2n) is 3.55. The van der Waals surface area contributed by atoms with Gasteiger partial charge in [-0.15, -0.1) is 5.10 Å². The van der Waals surface area contributed by atoms with Crippen LogP contribution in [0.5, 0.6) is 0 Å². The van der Waals surface area contributed by atoms with Crippen LogP contribution in [-0.2, 0) is 11.3 Å². The Balaban J connectivity index is 2.64. The SMILES string of the molecule is CCC(O)c1cn(CC(=O)N(C)C)nn1. The zero-order valence-corrected chi connectivity index (χ0v) is 9.21. The summed E-state index contributed by atoms with van der Waals surface area (Å²) >= 11 is 0. The van der Waals surface area contributed by atoms with Gasteiger partial charge in [-0.1, -0.05) is 12.1 Å². The summed E-state index contributed by atoms with van der Waals surface area (Å²) in [7, 11) is 3.36. The maximum Gasteiger partial charge on any atom is 0.243 e. The molecule has 1 aromatic rings. The smallest absolute Gasteiger partial charge is 0.243 e. The zero-order valence-electron chi connectivity index (χ0n) is 9.21. The summed E-state index contributed by atoms with van der Waals surface area (Å²) < 4.78 is 1.43. The van der Waals surface area contributed by atoms with Crippen LogP contribution in [0.15, 0.2) is 6.20 Å². The molecule has 0 fully saturated rings. The first-order valence-electron chi connectivity index (χ1n) is 4.82. The van der Waals surface area contributed by atoms with Crippen molar-refractivity contribution in [3.63, 3.8) is 0 Å². The molecular formula is C9H16N4O2. The normalized spacial score (nSPS) is 12.5. The van der Waals surface area contributed by atoms with Gasteiger partial charge in [0.2, 0.25) is 5.91 Å². The van der Waals surface area contributed by atoms with Crippen LogP contribution in [0.4, 0.5) is 0 Å². The Morgan fingerprint density at radius 2 is 2.33 bits per heavy atom. The molecule has 0 spiro atoms. The predicted molar refractivity (Wildman–Crippen MR) is 54.0 cm³/mol. The van der Waals surface area contributed by atoms with Crippen molar-refractivity contribution in [2.24, 2.45) is 0 Å². The van der Waals surface area contributed by atoms with Gasteiger partial charge in [-0.05, 0) is 6.42 Å². The Morgan fingerprint density at radius 3 is 2.87 bits per heavy atom. The highest BCUT2D eigenvalue weighted by atomic mass is 16.3. The lowest BCUT2D eigenvalue weighted by Gasteiger charge is -2.08. The molecule has 0 aromatic carbocycles. The van der Waals surface area contributed by atoms with Crippen molar-refractivity contribution < 1.29 is 9.90 Å². The summed E-state index contributed by atoms with van der Waals surface area (Å²) in [6, 6.07) is 0. The summed E-state index contributed by atoms with van der Waals surface area (Å²) in [6.45, 7) is 2.01. The molecule has 1 unspecified atom stereocenters. The van der Waals surface area contributed by atoms with Gasteiger partial charge in [0.15, 0.2) is 0 Å². The molecule has 1 rings (SSSR count). The van der Waals surface area contributed by atoms with Crippen LogP contribution in [-0.4, -0.2) is 45.0 Å². The average Bonchev–Trinajstić information content (AvgIpc) is 2.65. The molecule has 1 amide bonds. The summed E-state index contributed by atoms with van der Waals surface area (Å²) in [6.07, 6.45) is 1.57. The van der Waals surface area contributed by atoms with E-state index in [1.807, 2.05) is 6.92 Å². The summed E-state index contributed by atoms with van der Waals surface area (Å²) in [5.41, 5.74) is 0.504. The van der Waals surface area contributed by atoms with Crippen LogP contribution >= 0.6 is 0 Å². The molecule has 0 radical (unpaired) electrons. The van der Waals surface area contributed by atoms with E-state index in [0.717, 1.165) is 0 Å². The molecule has 1 heterocycles. The maximum absolute atomic E-state index is 11.3. The Hall–Kier alpha value is -1.43. The number of nitrogens with zero attached hydrogens (tertiary/aromatic N) is 4. The number of likely N-dealkylation sites (N-methyl/N-ethyl adjacent to an activating group) is 1. The van der Waals surface area contributed by atoms with Gasteiger partial charge in [0.1, 0.15) is 12.2 Å². The lowest BCUT2D eigenvalue weighted by Crippen LogP contribution is -2.26. The first kappa shape index (κ1) is 11.6. The molecule has 84 valence electrons. The van der Waals surface area contributed by atoms with Crippen molar-refractivity contribution in [1.29, 1.82) is 0 Å². The number of rotatable bonds is 4. The van der Waals surface area contributed by atoms with Crippen molar-refractivity contribution in [3.05, 3.63) is 11.9 Å². The molecule has 0 aliphatic heterocycles. The van der Waals surface area contributed by atoms with Crippen molar-refractivity contribution in [1.82, 2.24) is 19.9 Å². The molecule has 0 saturated heterocycles. The number of amides is 1. The van der Waals surface area contributed by atoms with Gasteiger partial charge in [0.05, 0.1) is 12.3 Å². The molecule has 1 aromatic heterocycles. The van der Waals surface area contributed by atoms with Crippen LogP contribution in [0.3, 0.4) is 0 Å². The fourth-order valence-electron chi connectivity index (χ4n) is 1.03. The van der Waals surface area contributed by atoms with Crippen LogP contribution < -0.4 is 0 Å². The standard InChI is InChI=1S/C9H16N4O2/c1-4-8(14)7-5-13(11-10-7)6-9(15)12(2)3/h5,8,14H,4,6H2,1-3H3. The van der Waals surface area contributed by atoms with Gasteiger partial charge < -0.3 is 10.0 Å².